The molecule has 10 heteroatoms. The molecular formula is C23H19F3N4O2S. The van der Waals surface area contributed by atoms with E-state index >= 15 is 0 Å². The lowest BCUT2D eigenvalue weighted by molar-refractivity contribution is -0.137. The maximum atomic E-state index is 12.9. The highest BCUT2D eigenvalue weighted by Gasteiger charge is 2.30. The molecule has 33 heavy (non-hydrogen) atoms. The van der Waals surface area contributed by atoms with Crippen molar-refractivity contribution >= 4 is 39.7 Å². The number of carbonyl (C=O) groups excluding carboxylic acids is 2. The second kappa shape index (κ2) is 9.14. The van der Waals surface area contributed by atoms with E-state index in [4.69, 9.17) is 0 Å². The van der Waals surface area contributed by atoms with Gasteiger partial charge in [0.15, 0.2) is 0 Å². The number of H-pyrrole nitrogens is 1. The van der Waals surface area contributed by atoms with Crippen LogP contribution in [0.5, 0.6) is 0 Å². The van der Waals surface area contributed by atoms with Crippen LogP contribution < -0.4 is 5.32 Å². The van der Waals surface area contributed by atoms with E-state index < -0.39 is 17.7 Å². The Balaban J connectivity index is 1.42. The van der Waals surface area contributed by atoms with E-state index in [1.54, 1.807) is 42.1 Å². The number of anilines is 1. The van der Waals surface area contributed by atoms with E-state index in [1.165, 1.54) is 17.4 Å². The van der Waals surface area contributed by atoms with Gasteiger partial charge in [-0.1, -0.05) is 25.1 Å². The summed E-state index contributed by atoms with van der Waals surface area (Å²) in [5.41, 5.74) is 3.47. The van der Waals surface area contributed by atoms with E-state index in [2.05, 4.69) is 20.3 Å². The molecule has 0 bridgehead atoms. The molecule has 0 aliphatic carbocycles. The molecule has 4 aromatic rings. The predicted octanol–water partition coefficient (Wildman–Crippen LogP) is 5.28. The van der Waals surface area contributed by atoms with E-state index in [1.807, 2.05) is 0 Å². The first-order valence-electron chi connectivity index (χ1n) is 10.1. The summed E-state index contributed by atoms with van der Waals surface area (Å²) >= 11 is 1.32. The lowest BCUT2D eigenvalue weighted by Crippen LogP contribution is -2.17. The smallest absolute Gasteiger partial charge is 0.342 e. The van der Waals surface area contributed by atoms with Crippen molar-refractivity contribution in [1.82, 2.24) is 15.0 Å². The van der Waals surface area contributed by atoms with Crippen LogP contribution in [0.25, 0.3) is 11.0 Å². The average Bonchev–Trinajstić information content (AvgIpc) is 3.42. The van der Waals surface area contributed by atoms with Gasteiger partial charge in [0.1, 0.15) is 17.3 Å². The van der Waals surface area contributed by atoms with Gasteiger partial charge in [0.25, 0.3) is 5.91 Å². The Kier molecular flexibility index (Phi) is 6.28. The lowest BCUT2D eigenvalue weighted by Gasteiger charge is -2.12. The minimum Gasteiger partial charge on any atom is -0.342 e. The molecule has 2 aromatic heterocycles. The van der Waals surface area contributed by atoms with Gasteiger partial charge in [0.2, 0.25) is 0 Å². The van der Waals surface area contributed by atoms with Crippen LogP contribution in [-0.2, 0) is 23.8 Å². The van der Waals surface area contributed by atoms with Crippen molar-refractivity contribution in [2.24, 2.45) is 5.92 Å². The fourth-order valence-corrected chi connectivity index (χ4v) is 3.96. The zero-order valence-electron chi connectivity index (χ0n) is 17.4. The quantitative estimate of drug-likeness (QED) is 0.383. The van der Waals surface area contributed by atoms with E-state index in [0.29, 0.717) is 33.8 Å². The summed E-state index contributed by atoms with van der Waals surface area (Å²) in [6.07, 6.45) is -4.19. The van der Waals surface area contributed by atoms with Crippen LogP contribution in [0.15, 0.2) is 53.4 Å². The number of nitrogens with zero attached hydrogens (tertiary/aromatic N) is 2. The van der Waals surface area contributed by atoms with E-state index in [9.17, 15) is 22.8 Å². The number of alkyl halides is 3. The third-order valence-corrected chi connectivity index (χ3v) is 5.73. The van der Waals surface area contributed by atoms with Crippen molar-refractivity contribution in [3.05, 3.63) is 76.0 Å². The van der Waals surface area contributed by atoms with Crippen molar-refractivity contribution in [2.75, 3.05) is 5.32 Å². The Bertz CT molecular complexity index is 1300. The van der Waals surface area contributed by atoms with Gasteiger partial charge >= 0.3 is 6.18 Å². The number of Topliss-reactive ketones (excluding diaryl/α,β-unsaturated/α-hetero) is 1. The molecule has 0 aliphatic rings. The molecule has 1 amide bonds. The third kappa shape index (κ3) is 5.46. The molecular weight excluding hydrogens is 453 g/mol. The Morgan fingerprint density at radius 1 is 1.18 bits per heavy atom. The largest absolute Gasteiger partial charge is 0.416 e. The van der Waals surface area contributed by atoms with Crippen molar-refractivity contribution in [1.29, 1.82) is 0 Å². The van der Waals surface area contributed by atoms with Gasteiger partial charge in [-0.3, -0.25) is 9.59 Å². The molecule has 0 saturated heterocycles. The van der Waals surface area contributed by atoms with Crippen LogP contribution in [-0.4, -0.2) is 26.6 Å². The topological polar surface area (TPSA) is 87.7 Å². The van der Waals surface area contributed by atoms with Gasteiger partial charge in [-0.2, -0.15) is 13.2 Å². The number of hydrogen-bond donors (Lipinski definition) is 2. The summed E-state index contributed by atoms with van der Waals surface area (Å²) < 4.78 is 38.8. The second-order valence-electron chi connectivity index (χ2n) is 7.69. The third-order valence-electron chi connectivity index (χ3n) is 5.14. The molecule has 6 nitrogen and oxygen atoms in total. The number of ketones is 1. The summed E-state index contributed by atoms with van der Waals surface area (Å²) in [6.45, 7) is 1.69. The van der Waals surface area contributed by atoms with Gasteiger partial charge in [-0.15, -0.1) is 11.3 Å². The number of imidazole rings is 1. The standard InChI is InChI=1S/C23H19F3N4O2S/c1-13(7-14-3-2-4-15(8-14)23(24,25)26)20(31)10-21-29-17-6-5-16(9-18(17)30-21)28-22(32)19-11-33-12-27-19/h2-6,8-9,11-13H,7,10H2,1H3,(H,28,32)(H,29,30). The molecule has 0 fully saturated rings. The van der Waals surface area contributed by atoms with Crippen molar-refractivity contribution < 1.29 is 22.8 Å². The number of halogens is 3. The van der Waals surface area contributed by atoms with Crippen LogP contribution in [0.1, 0.15) is 34.4 Å². The molecule has 0 radical (unpaired) electrons. The highest BCUT2D eigenvalue weighted by Crippen LogP contribution is 2.30. The minimum atomic E-state index is -4.42. The number of rotatable bonds is 7. The average molecular weight is 472 g/mol. The van der Waals surface area contributed by atoms with Gasteiger partial charge in [0, 0.05) is 17.0 Å². The molecule has 1 atom stereocenters. The maximum absolute atomic E-state index is 12.9. The molecule has 0 saturated carbocycles. The second-order valence-corrected chi connectivity index (χ2v) is 8.41. The molecule has 1 unspecified atom stereocenters. The van der Waals surface area contributed by atoms with Crippen molar-refractivity contribution in [3.63, 3.8) is 0 Å². The summed E-state index contributed by atoms with van der Waals surface area (Å²) in [5, 5.41) is 4.40. The zero-order chi connectivity index (χ0) is 23.6. The summed E-state index contributed by atoms with van der Waals surface area (Å²) in [6, 6.07) is 10.2. The van der Waals surface area contributed by atoms with Gasteiger partial charge in [-0.05, 0) is 36.2 Å². The number of aromatic amines is 1. The van der Waals surface area contributed by atoms with Gasteiger partial charge in [-0.25, -0.2) is 9.97 Å². The van der Waals surface area contributed by atoms with Crippen LogP contribution in [0, 0.1) is 5.92 Å². The first kappa shape index (κ1) is 22.7. The lowest BCUT2D eigenvalue weighted by atomic mass is 9.94. The number of aromatic nitrogens is 3. The SMILES string of the molecule is CC(Cc1cccc(C(F)(F)F)c1)C(=O)Cc1nc2ccc(NC(=O)c3cscn3)cc2[nH]1. The monoisotopic (exact) mass is 472 g/mol. The fraction of sp³-hybridized carbons (Fsp3) is 0.217. The van der Waals surface area contributed by atoms with Crippen molar-refractivity contribution in [2.45, 2.75) is 25.9 Å². The maximum Gasteiger partial charge on any atom is 0.416 e. The predicted molar refractivity (Wildman–Crippen MR) is 119 cm³/mol. The normalized spacial score (nSPS) is 12.6. The summed E-state index contributed by atoms with van der Waals surface area (Å²) in [4.78, 5) is 36.3. The Morgan fingerprint density at radius 2 is 2.00 bits per heavy atom. The Labute approximate surface area is 190 Å². The Morgan fingerprint density at radius 3 is 2.73 bits per heavy atom. The van der Waals surface area contributed by atoms with E-state index in [-0.39, 0.29) is 24.5 Å². The number of benzene rings is 2. The van der Waals surface area contributed by atoms with E-state index in [0.717, 1.165) is 12.1 Å². The fourth-order valence-electron chi connectivity index (χ4n) is 3.43. The van der Waals surface area contributed by atoms with Crippen LogP contribution >= 0.6 is 11.3 Å². The Hall–Kier alpha value is -3.53. The van der Waals surface area contributed by atoms with Crippen LogP contribution in [0.4, 0.5) is 18.9 Å². The van der Waals surface area contributed by atoms with Crippen molar-refractivity contribution in [3.8, 4) is 0 Å². The number of fused-ring (bicyclic) bond motifs is 1. The van der Waals surface area contributed by atoms with Crippen LogP contribution in [0.3, 0.4) is 0 Å². The highest BCUT2D eigenvalue weighted by atomic mass is 32.1. The first-order chi connectivity index (χ1) is 15.7. The number of thiazole rings is 1. The molecule has 4 rings (SSSR count). The zero-order valence-corrected chi connectivity index (χ0v) is 18.3. The molecule has 2 aromatic carbocycles. The molecule has 2 N–H and O–H groups in total. The molecule has 2 heterocycles. The molecule has 0 aliphatic heterocycles. The van der Waals surface area contributed by atoms with Crippen LogP contribution in [0.2, 0.25) is 0 Å². The van der Waals surface area contributed by atoms with Gasteiger partial charge < -0.3 is 10.3 Å². The number of nitrogens with one attached hydrogen (secondary N) is 2. The summed E-state index contributed by atoms with van der Waals surface area (Å²) in [5.74, 6) is -0.485. The highest BCUT2D eigenvalue weighted by molar-refractivity contribution is 7.07. The molecule has 170 valence electrons. The number of hydrogen-bond acceptors (Lipinski definition) is 5. The molecule has 0 spiro atoms. The number of carbonyl (C=O) groups is 2. The summed E-state index contributed by atoms with van der Waals surface area (Å²) in [7, 11) is 0. The number of amides is 1. The van der Waals surface area contributed by atoms with Gasteiger partial charge in [0.05, 0.1) is 28.5 Å². The minimum absolute atomic E-state index is 0.0231. The first-order valence-corrected chi connectivity index (χ1v) is 11.0.